The number of para-hydroxylation sites is 2. The van der Waals surface area contributed by atoms with Crippen molar-refractivity contribution in [2.24, 2.45) is 0 Å². The number of rotatable bonds is 4. The number of hydrogen-bond acceptors (Lipinski definition) is 2. The van der Waals surface area contributed by atoms with Gasteiger partial charge >= 0.3 is 0 Å². The van der Waals surface area contributed by atoms with E-state index in [2.05, 4.69) is 73.9 Å². The van der Waals surface area contributed by atoms with Gasteiger partial charge in [0.1, 0.15) is 0 Å². The van der Waals surface area contributed by atoms with E-state index in [4.69, 9.17) is 0 Å². The molecule has 0 spiro atoms. The van der Waals surface area contributed by atoms with Crippen LogP contribution in [0.1, 0.15) is 20.8 Å². The van der Waals surface area contributed by atoms with E-state index in [1.165, 1.54) is 21.8 Å². The molecule has 1 N–H and O–H groups in total. The maximum atomic E-state index is 10.5. The van der Waals surface area contributed by atoms with Crippen LogP contribution in [0.5, 0.6) is 0 Å². The standard InChI is InChI=1S/C19H23NOS/c1-19(2,3)22-13-14(21)12-20-17-10-6-4-8-15(17)16-9-5-7-11-18(16)20/h4-11,14,21H,12-13H2,1-3H3. The summed E-state index contributed by atoms with van der Waals surface area (Å²) < 4.78 is 2.43. The summed E-state index contributed by atoms with van der Waals surface area (Å²) in [7, 11) is 0. The predicted molar refractivity (Wildman–Crippen MR) is 97.7 cm³/mol. The largest absolute Gasteiger partial charge is 0.390 e. The molecular formula is C19H23NOS. The second-order valence-corrected chi connectivity index (χ2v) is 8.57. The highest BCUT2D eigenvalue weighted by Crippen LogP contribution is 2.30. The summed E-state index contributed by atoms with van der Waals surface area (Å²) in [6.45, 7) is 7.19. The third kappa shape index (κ3) is 3.16. The lowest BCUT2D eigenvalue weighted by atomic mass is 10.2. The molecule has 116 valence electrons. The van der Waals surface area contributed by atoms with Crippen LogP contribution in [0, 0.1) is 0 Å². The van der Waals surface area contributed by atoms with Crippen molar-refractivity contribution in [2.75, 3.05) is 5.75 Å². The Labute approximate surface area is 136 Å². The van der Waals surface area contributed by atoms with Crippen molar-refractivity contribution >= 4 is 33.6 Å². The van der Waals surface area contributed by atoms with Gasteiger partial charge < -0.3 is 9.67 Å². The number of aliphatic hydroxyl groups is 1. The van der Waals surface area contributed by atoms with Crippen molar-refractivity contribution in [1.29, 1.82) is 0 Å². The van der Waals surface area contributed by atoms with E-state index in [-0.39, 0.29) is 10.9 Å². The number of thioether (sulfide) groups is 1. The highest BCUT2D eigenvalue weighted by molar-refractivity contribution is 8.00. The molecule has 1 heterocycles. The SMILES string of the molecule is CC(C)(C)SCC(O)Cn1c2ccccc2c2ccccc21. The Bertz CT molecular complexity index is 732. The molecule has 0 amide bonds. The van der Waals surface area contributed by atoms with E-state index in [1.54, 1.807) is 0 Å². The Hall–Kier alpha value is -1.45. The lowest BCUT2D eigenvalue weighted by molar-refractivity contribution is 0.181. The molecule has 0 bridgehead atoms. The predicted octanol–water partition coefficient (Wildman–Crippen LogP) is 4.69. The Kier molecular flexibility index (Phi) is 4.20. The van der Waals surface area contributed by atoms with Crippen LogP contribution >= 0.6 is 11.8 Å². The van der Waals surface area contributed by atoms with Gasteiger partial charge in [-0.1, -0.05) is 57.2 Å². The second kappa shape index (κ2) is 5.98. The normalized spacial score (nSPS) is 13.8. The van der Waals surface area contributed by atoms with Crippen LogP contribution < -0.4 is 0 Å². The molecule has 2 aromatic carbocycles. The average Bonchev–Trinajstić information content (AvgIpc) is 2.80. The third-order valence-corrected chi connectivity index (χ3v) is 5.20. The van der Waals surface area contributed by atoms with Crippen molar-refractivity contribution in [1.82, 2.24) is 4.57 Å². The number of hydrogen-bond donors (Lipinski definition) is 1. The first-order valence-corrected chi connectivity index (χ1v) is 8.72. The number of fused-ring (bicyclic) bond motifs is 3. The molecule has 0 aliphatic rings. The molecule has 1 unspecified atom stereocenters. The van der Waals surface area contributed by atoms with Gasteiger partial charge in [0.2, 0.25) is 0 Å². The average molecular weight is 313 g/mol. The van der Waals surface area contributed by atoms with E-state index in [1.807, 2.05) is 11.8 Å². The number of aliphatic hydroxyl groups excluding tert-OH is 1. The first-order chi connectivity index (χ1) is 10.5. The number of aromatic nitrogens is 1. The van der Waals surface area contributed by atoms with Gasteiger partial charge in [0.05, 0.1) is 6.10 Å². The molecule has 0 aliphatic heterocycles. The van der Waals surface area contributed by atoms with Crippen LogP contribution in [-0.4, -0.2) is 26.3 Å². The summed E-state index contributed by atoms with van der Waals surface area (Å²) in [4.78, 5) is 0. The minimum absolute atomic E-state index is 0.182. The Morgan fingerprint density at radius 2 is 1.45 bits per heavy atom. The van der Waals surface area contributed by atoms with Gasteiger partial charge in [0.15, 0.2) is 0 Å². The first-order valence-electron chi connectivity index (χ1n) is 7.74. The Morgan fingerprint density at radius 3 is 1.95 bits per heavy atom. The monoisotopic (exact) mass is 313 g/mol. The molecule has 22 heavy (non-hydrogen) atoms. The highest BCUT2D eigenvalue weighted by Gasteiger charge is 2.16. The van der Waals surface area contributed by atoms with Crippen LogP contribution in [0.2, 0.25) is 0 Å². The third-order valence-electron chi connectivity index (χ3n) is 3.78. The molecular weight excluding hydrogens is 290 g/mol. The molecule has 3 aromatic rings. The van der Waals surface area contributed by atoms with Crippen LogP contribution in [0.15, 0.2) is 48.5 Å². The molecule has 1 atom stereocenters. The van der Waals surface area contributed by atoms with Crippen molar-refractivity contribution in [2.45, 2.75) is 38.2 Å². The van der Waals surface area contributed by atoms with Gasteiger partial charge in [-0.25, -0.2) is 0 Å². The van der Waals surface area contributed by atoms with Crippen molar-refractivity contribution in [3.63, 3.8) is 0 Å². The summed E-state index contributed by atoms with van der Waals surface area (Å²) in [5.74, 6) is 0.754. The first kappa shape index (κ1) is 15.4. The molecule has 3 rings (SSSR count). The minimum atomic E-state index is -0.344. The molecule has 0 saturated carbocycles. The van der Waals surface area contributed by atoms with Gasteiger partial charge in [-0.3, -0.25) is 0 Å². The zero-order valence-corrected chi connectivity index (χ0v) is 14.2. The summed E-state index contributed by atoms with van der Waals surface area (Å²) in [6.07, 6.45) is -0.344. The smallest absolute Gasteiger partial charge is 0.0809 e. The van der Waals surface area contributed by atoms with Gasteiger partial charge in [0.25, 0.3) is 0 Å². The van der Waals surface area contributed by atoms with Gasteiger partial charge in [-0.05, 0) is 12.1 Å². The van der Waals surface area contributed by atoms with Crippen molar-refractivity contribution < 1.29 is 5.11 Å². The minimum Gasteiger partial charge on any atom is -0.390 e. The maximum absolute atomic E-state index is 10.5. The number of benzene rings is 2. The molecule has 0 fully saturated rings. The summed E-state index contributed by atoms with van der Waals surface area (Å²) >= 11 is 1.81. The van der Waals surface area contributed by atoms with E-state index in [0.29, 0.717) is 6.54 Å². The summed E-state index contributed by atoms with van der Waals surface area (Å²) in [5, 5.41) is 13.0. The Balaban J connectivity index is 1.95. The van der Waals surface area contributed by atoms with E-state index in [9.17, 15) is 5.11 Å². The van der Waals surface area contributed by atoms with Gasteiger partial charge in [0, 0.05) is 38.9 Å². The second-order valence-electron chi connectivity index (χ2n) is 6.72. The summed E-state index contributed by atoms with van der Waals surface area (Å²) in [6, 6.07) is 16.9. The van der Waals surface area contributed by atoms with Crippen LogP contribution in [-0.2, 0) is 6.54 Å². The lowest BCUT2D eigenvalue weighted by Crippen LogP contribution is -2.21. The van der Waals surface area contributed by atoms with Crippen molar-refractivity contribution in [3.05, 3.63) is 48.5 Å². The van der Waals surface area contributed by atoms with Crippen LogP contribution in [0.4, 0.5) is 0 Å². The fraction of sp³-hybridized carbons (Fsp3) is 0.368. The number of nitrogens with zero attached hydrogens (tertiary/aromatic N) is 1. The van der Waals surface area contributed by atoms with Crippen LogP contribution in [0.25, 0.3) is 21.8 Å². The van der Waals surface area contributed by atoms with Gasteiger partial charge in [-0.2, -0.15) is 11.8 Å². The molecule has 2 nitrogen and oxygen atoms in total. The zero-order chi connectivity index (χ0) is 15.7. The van der Waals surface area contributed by atoms with Crippen LogP contribution in [0.3, 0.4) is 0 Å². The van der Waals surface area contributed by atoms with Crippen molar-refractivity contribution in [3.8, 4) is 0 Å². The fourth-order valence-corrected chi connectivity index (χ4v) is 3.61. The molecule has 0 saturated heterocycles. The van der Waals surface area contributed by atoms with E-state index >= 15 is 0 Å². The molecule has 3 heteroatoms. The van der Waals surface area contributed by atoms with E-state index in [0.717, 1.165) is 5.75 Å². The summed E-state index contributed by atoms with van der Waals surface area (Å²) in [5.41, 5.74) is 2.40. The lowest BCUT2D eigenvalue weighted by Gasteiger charge is -2.21. The molecule has 1 aromatic heterocycles. The Morgan fingerprint density at radius 1 is 0.955 bits per heavy atom. The van der Waals surface area contributed by atoms with E-state index < -0.39 is 0 Å². The molecule has 0 aliphatic carbocycles. The fourth-order valence-electron chi connectivity index (χ4n) is 2.81. The topological polar surface area (TPSA) is 25.2 Å². The van der Waals surface area contributed by atoms with Gasteiger partial charge in [-0.15, -0.1) is 0 Å². The zero-order valence-electron chi connectivity index (χ0n) is 13.4. The highest BCUT2D eigenvalue weighted by atomic mass is 32.2. The maximum Gasteiger partial charge on any atom is 0.0809 e. The quantitative estimate of drug-likeness (QED) is 0.756. The molecule has 0 radical (unpaired) electrons.